The summed E-state index contributed by atoms with van der Waals surface area (Å²) in [5.41, 5.74) is 2.97. The van der Waals surface area contributed by atoms with Crippen molar-refractivity contribution in [2.24, 2.45) is 0 Å². The van der Waals surface area contributed by atoms with Crippen LogP contribution in [0.2, 0.25) is 0 Å². The number of fused-ring (bicyclic) bond motifs is 1. The highest BCUT2D eigenvalue weighted by atomic mass is 79.9. The van der Waals surface area contributed by atoms with E-state index in [-0.39, 0.29) is 22.4 Å². The van der Waals surface area contributed by atoms with Crippen molar-refractivity contribution in [2.75, 3.05) is 18.4 Å². The van der Waals surface area contributed by atoms with Gasteiger partial charge in [-0.2, -0.15) is 0 Å². The summed E-state index contributed by atoms with van der Waals surface area (Å²) >= 11 is 7.05. The maximum Gasteiger partial charge on any atom is 0.328 e. The number of phenols is 1. The van der Waals surface area contributed by atoms with Gasteiger partial charge in [0.25, 0.3) is 10.0 Å². The Kier molecular flexibility index (Phi) is 10.9. The number of methoxy groups -OCH3 is 1. The number of carboxylic acid groups (broad SMARTS) is 2. The minimum absolute atomic E-state index is 0.0730. The first kappa shape index (κ1) is 32.1. The number of aliphatic carboxylic acids is 2. The monoisotopic (exact) mass is 714 g/mol. The van der Waals surface area contributed by atoms with Crippen LogP contribution in [0.15, 0.2) is 74.5 Å². The molecule has 1 unspecified atom stereocenters. The van der Waals surface area contributed by atoms with Crippen molar-refractivity contribution in [1.82, 2.24) is 5.32 Å². The van der Waals surface area contributed by atoms with Crippen LogP contribution >= 0.6 is 31.9 Å². The number of carbonyl (C=O) groups is 2. The lowest BCUT2D eigenvalue weighted by Gasteiger charge is -2.28. The Bertz CT molecular complexity index is 1540. The minimum atomic E-state index is -4.00. The fourth-order valence-corrected chi connectivity index (χ4v) is 6.74. The van der Waals surface area contributed by atoms with Crippen molar-refractivity contribution < 1.29 is 42.5 Å². The molecule has 0 saturated carbocycles. The van der Waals surface area contributed by atoms with Gasteiger partial charge in [0, 0.05) is 18.2 Å². The van der Waals surface area contributed by atoms with Gasteiger partial charge in [0.05, 0.1) is 26.6 Å². The average Bonchev–Trinajstić information content (AvgIpc) is 2.89. The molecule has 0 fully saturated rings. The van der Waals surface area contributed by atoms with Crippen molar-refractivity contribution in [1.29, 1.82) is 0 Å². The Hall–Kier alpha value is -3.46. The molecule has 0 radical (unpaired) electrons. The number of nitrogens with one attached hydrogen (secondary N) is 2. The van der Waals surface area contributed by atoms with E-state index in [1.165, 1.54) is 12.1 Å². The van der Waals surface area contributed by atoms with Gasteiger partial charge in [0.15, 0.2) is 0 Å². The first-order valence-corrected chi connectivity index (χ1v) is 14.9. The number of benzene rings is 3. The maximum absolute atomic E-state index is 13.2. The Balaban J connectivity index is 0.000000507. The number of ether oxygens (including phenoxy) is 1. The van der Waals surface area contributed by atoms with Gasteiger partial charge in [-0.05, 0) is 116 Å². The number of hydrogen-bond acceptors (Lipinski definition) is 7. The second kappa shape index (κ2) is 13.9. The number of anilines is 1. The molecule has 3 aromatic carbocycles. The number of phenolic OH excluding ortho intramolecular Hbond substituents is 1. The van der Waals surface area contributed by atoms with Gasteiger partial charge in [-0.1, -0.05) is 0 Å². The van der Waals surface area contributed by atoms with E-state index in [1.807, 2.05) is 12.1 Å². The number of rotatable bonds is 8. The molecule has 218 valence electrons. The lowest BCUT2D eigenvalue weighted by molar-refractivity contribution is -0.134. The first-order valence-electron chi connectivity index (χ1n) is 11.8. The Morgan fingerprint density at radius 1 is 1.07 bits per heavy atom. The van der Waals surface area contributed by atoms with E-state index in [0.717, 1.165) is 44.3 Å². The van der Waals surface area contributed by atoms with E-state index in [0.29, 0.717) is 30.7 Å². The van der Waals surface area contributed by atoms with Gasteiger partial charge < -0.3 is 25.4 Å². The normalized spacial score (nSPS) is 14.5. The highest BCUT2D eigenvalue weighted by Crippen LogP contribution is 2.38. The van der Waals surface area contributed by atoms with Crippen LogP contribution in [0.25, 0.3) is 0 Å². The summed E-state index contributed by atoms with van der Waals surface area (Å²) in [6, 6.07) is 11.7. The molecule has 14 heteroatoms. The lowest BCUT2D eigenvalue weighted by atomic mass is 9.89. The largest absolute Gasteiger partial charge is 0.506 e. The molecule has 1 aliphatic rings. The van der Waals surface area contributed by atoms with E-state index in [2.05, 4.69) is 41.9 Å². The van der Waals surface area contributed by atoms with Crippen molar-refractivity contribution in [2.45, 2.75) is 23.8 Å². The summed E-state index contributed by atoms with van der Waals surface area (Å²) < 4.78 is 48.2. The van der Waals surface area contributed by atoms with Crippen molar-refractivity contribution in [3.05, 3.63) is 92.1 Å². The quantitative estimate of drug-likeness (QED) is 0.160. The number of sulfonamides is 1. The van der Waals surface area contributed by atoms with Crippen LogP contribution in [0, 0.1) is 5.82 Å². The summed E-state index contributed by atoms with van der Waals surface area (Å²) in [5, 5.41) is 29.6. The van der Waals surface area contributed by atoms with Gasteiger partial charge in [0.1, 0.15) is 17.3 Å². The fourth-order valence-electron chi connectivity index (χ4n) is 4.06. The van der Waals surface area contributed by atoms with Gasteiger partial charge in [-0.3, -0.25) is 4.72 Å². The standard InChI is InChI=1S/C23H21Br2FN2O4S.C4H4O4/c1-32-23-18(24)8-13(9-19(23)25)10-20-17-12-21(22(29)11-14(17)6-7-27-20)28-33(30,31)16-4-2-15(26)3-5-16;5-3(6)1-2-4(7)8/h2-5,8-9,11-12,20,27-29H,6-7,10H2,1H3;1-2H,(H,5,6)(H,7,8)/b;2-1+. The molecule has 41 heavy (non-hydrogen) atoms. The smallest absolute Gasteiger partial charge is 0.328 e. The average molecular weight is 716 g/mol. The molecule has 3 aromatic rings. The molecule has 1 atom stereocenters. The zero-order valence-corrected chi connectivity index (χ0v) is 25.4. The van der Waals surface area contributed by atoms with E-state index in [4.69, 9.17) is 14.9 Å². The van der Waals surface area contributed by atoms with Crippen molar-refractivity contribution in [3.63, 3.8) is 0 Å². The molecule has 0 amide bonds. The predicted octanol–water partition coefficient (Wildman–Crippen LogP) is 5.01. The van der Waals surface area contributed by atoms with E-state index >= 15 is 0 Å². The SMILES string of the molecule is COc1c(Br)cc(CC2NCCc3cc(O)c(NS(=O)(=O)c4ccc(F)cc4)cc32)cc1Br.O=C(O)/C=C/C(=O)O. The zero-order chi connectivity index (χ0) is 30.3. The molecule has 0 bridgehead atoms. The van der Waals surface area contributed by atoms with Crippen LogP contribution in [0.4, 0.5) is 10.1 Å². The summed E-state index contributed by atoms with van der Waals surface area (Å²) in [4.78, 5) is 19.0. The lowest BCUT2D eigenvalue weighted by Crippen LogP contribution is -2.31. The van der Waals surface area contributed by atoms with Gasteiger partial charge >= 0.3 is 11.9 Å². The fraction of sp³-hybridized carbons (Fsp3) is 0.185. The van der Waals surface area contributed by atoms with Crippen LogP contribution in [0.5, 0.6) is 11.5 Å². The Morgan fingerprint density at radius 3 is 2.20 bits per heavy atom. The van der Waals surface area contributed by atoms with Crippen molar-refractivity contribution >= 4 is 59.5 Å². The molecular weight excluding hydrogens is 691 g/mol. The van der Waals surface area contributed by atoms with E-state index in [9.17, 15) is 27.5 Å². The summed E-state index contributed by atoms with van der Waals surface area (Å²) in [6.45, 7) is 0.732. The molecule has 0 aromatic heterocycles. The van der Waals surface area contributed by atoms with Crippen molar-refractivity contribution in [3.8, 4) is 11.5 Å². The molecule has 1 aliphatic heterocycles. The summed E-state index contributed by atoms with van der Waals surface area (Å²) in [6.07, 6.45) is 2.47. The van der Waals surface area contributed by atoms with Gasteiger partial charge in [-0.15, -0.1) is 0 Å². The van der Waals surface area contributed by atoms with E-state index in [1.54, 1.807) is 19.2 Å². The Labute approximate surface area is 252 Å². The van der Waals surface area contributed by atoms with Crippen LogP contribution in [-0.2, 0) is 32.5 Å². The Morgan fingerprint density at radius 2 is 1.66 bits per heavy atom. The van der Waals surface area contributed by atoms with Crippen LogP contribution in [0.1, 0.15) is 22.7 Å². The third kappa shape index (κ3) is 8.76. The van der Waals surface area contributed by atoms with Crippen LogP contribution < -0.4 is 14.8 Å². The zero-order valence-electron chi connectivity index (χ0n) is 21.4. The first-order chi connectivity index (χ1) is 19.3. The minimum Gasteiger partial charge on any atom is -0.506 e. The molecule has 0 spiro atoms. The van der Waals surface area contributed by atoms with E-state index < -0.39 is 27.8 Å². The third-order valence-corrected chi connectivity index (χ3v) is 8.42. The molecule has 4 rings (SSSR count). The molecular formula is C27H25Br2FN2O8S. The molecule has 5 N–H and O–H groups in total. The second-order valence-electron chi connectivity index (χ2n) is 8.69. The molecule has 10 nitrogen and oxygen atoms in total. The molecule has 1 heterocycles. The maximum atomic E-state index is 13.2. The van der Waals surface area contributed by atoms with Gasteiger partial charge in [-0.25, -0.2) is 22.4 Å². The highest BCUT2D eigenvalue weighted by Gasteiger charge is 2.25. The second-order valence-corrected chi connectivity index (χ2v) is 12.1. The molecule has 0 saturated heterocycles. The number of hydrogen-bond donors (Lipinski definition) is 5. The number of halogens is 3. The predicted molar refractivity (Wildman–Crippen MR) is 156 cm³/mol. The topological polar surface area (TPSA) is 162 Å². The third-order valence-electron chi connectivity index (χ3n) is 5.86. The number of carboxylic acids is 2. The summed E-state index contributed by atoms with van der Waals surface area (Å²) in [7, 11) is -2.40. The van der Waals surface area contributed by atoms with Crippen LogP contribution in [0.3, 0.4) is 0 Å². The van der Waals surface area contributed by atoms with Gasteiger partial charge in [0.2, 0.25) is 0 Å². The highest BCUT2D eigenvalue weighted by molar-refractivity contribution is 9.11. The molecule has 0 aliphatic carbocycles. The number of aromatic hydroxyl groups is 1. The summed E-state index contributed by atoms with van der Waals surface area (Å²) in [5.74, 6) is -2.50. The van der Waals surface area contributed by atoms with Crippen LogP contribution in [-0.4, -0.2) is 49.3 Å².